The number of aromatic nitrogens is 3. The molecule has 1 N–H and O–H groups in total. The number of carboxylic acids is 1. The van der Waals surface area contributed by atoms with E-state index in [-0.39, 0.29) is 18.8 Å². The second-order valence-corrected chi connectivity index (χ2v) is 11.7. The first-order valence-electron chi connectivity index (χ1n) is 15.3. The maximum absolute atomic E-state index is 14.5. The van der Waals surface area contributed by atoms with E-state index in [1.165, 1.54) is 12.1 Å². The zero-order valence-corrected chi connectivity index (χ0v) is 25.4. The SMILES string of the molecule is Cc1nc2cc3nn2c(c1CC(=O)O)-c1ccc(c2ccccc12)OCc1cccc(c1)COc1cc(F)ccc1-c1cccc-3c1. The van der Waals surface area contributed by atoms with E-state index in [0.717, 1.165) is 44.2 Å². The van der Waals surface area contributed by atoms with Gasteiger partial charge in [-0.05, 0) is 65.4 Å². The maximum atomic E-state index is 14.5. The minimum absolute atomic E-state index is 0.217. The first-order chi connectivity index (χ1) is 22.9. The standard InChI is InChI=1S/C39H28FN3O4/c1-23-33(19-38(44)45)39-32-14-15-35(31-11-3-2-10-30(31)32)46-21-24-6-4-7-25(16-24)22-47-36-18-28(40)12-13-29(36)26-8-5-9-27(17-26)34-20-37(41-23)43(39)42-34/h2-18,20H,19,21-22H2,1H3,(H,44,45). The van der Waals surface area contributed by atoms with Crippen LogP contribution in [0.4, 0.5) is 4.39 Å². The molecule has 0 saturated heterocycles. The number of carbonyl (C=O) groups is 1. The van der Waals surface area contributed by atoms with E-state index in [1.807, 2.05) is 97.9 Å². The monoisotopic (exact) mass is 621 g/mol. The predicted octanol–water partition coefficient (Wildman–Crippen LogP) is 8.43. The minimum atomic E-state index is -0.958. The molecule has 1 aliphatic rings. The first-order valence-corrected chi connectivity index (χ1v) is 15.3. The molecule has 0 atom stereocenters. The van der Waals surface area contributed by atoms with Crippen LogP contribution >= 0.6 is 0 Å². The van der Waals surface area contributed by atoms with Crippen LogP contribution < -0.4 is 9.47 Å². The fraction of sp³-hybridized carbons (Fsp3) is 0.103. The lowest BCUT2D eigenvalue weighted by Gasteiger charge is -2.17. The van der Waals surface area contributed by atoms with Crippen LogP contribution in [-0.2, 0) is 24.4 Å². The van der Waals surface area contributed by atoms with Crippen LogP contribution in [0, 0.1) is 12.7 Å². The molecule has 5 aromatic carbocycles. The molecule has 8 heteroatoms. The van der Waals surface area contributed by atoms with Gasteiger partial charge in [-0.2, -0.15) is 5.10 Å². The Balaban J connectivity index is 1.40. The zero-order chi connectivity index (χ0) is 32.1. The number of nitrogens with zero attached hydrogens (tertiary/aromatic N) is 3. The van der Waals surface area contributed by atoms with E-state index < -0.39 is 5.97 Å². The van der Waals surface area contributed by atoms with Crippen LogP contribution in [0.1, 0.15) is 22.4 Å². The van der Waals surface area contributed by atoms with Gasteiger partial charge in [0.2, 0.25) is 0 Å². The van der Waals surface area contributed by atoms with Gasteiger partial charge in [0, 0.05) is 45.5 Å². The summed E-state index contributed by atoms with van der Waals surface area (Å²) in [5.41, 5.74) is 8.23. The fourth-order valence-electron chi connectivity index (χ4n) is 6.37. The van der Waals surface area contributed by atoms with Gasteiger partial charge in [0.05, 0.1) is 17.8 Å². The smallest absolute Gasteiger partial charge is 0.307 e. The van der Waals surface area contributed by atoms with Crippen molar-refractivity contribution in [1.29, 1.82) is 0 Å². The van der Waals surface area contributed by atoms with Crippen molar-refractivity contribution in [3.8, 4) is 45.1 Å². The lowest BCUT2D eigenvalue weighted by atomic mass is 9.96. The Morgan fingerprint density at radius 3 is 2.32 bits per heavy atom. The summed E-state index contributed by atoms with van der Waals surface area (Å²) in [5.74, 6) is -0.219. The minimum Gasteiger partial charge on any atom is -0.488 e. The molecule has 8 rings (SSSR count). The van der Waals surface area contributed by atoms with Crippen LogP contribution in [0.25, 0.3) is 50.1 Å². The molecule has 0 unspecified atom stereocenters. The molecule has 0 aliphatic carbocycles. The van der Waals surface area contributed by atoms with Crippen molar-refractivity contribution in [1.82, 2.24) is 14.6 Å². The number of benzene rings is 5. The number of aliphatic carboxylic acids is 1. The quantitative estimate of drug-likeness (QED) is 0.209. The van der Waals surface area contributed by atoms with Crippen LogP contribution in [0.2, 0.25) is 0 Å². The van der Waals surface area contributed by atoms with Gasteiger partial charge in [-0.25, -0.2) is 13.9 Å². The number of fused-ring (bicyclic) bond motifs is 15. The summed E-state index contributed by atoms with van der Waals surface area (Å²) in [6, 6.07) is 34.1. The third kappa shape index (κ3) is 5.23. The molecule has 0 amide bonds. The molecule has 8 bridgehead atoms. The number of halogens is 1. The summed E-state index contributed by atoms with van der Waals surface area (Å²) in [5, 5.41) is 16.8. The Labute approximate surface area is 269 Å². The van der Waals surface area contributed by atoms with Gasteiger partial charge >= 0.3 is 5.97 Å². The molecule has 0 spiro atoms. The summed E-state index contributed by atoms with van der Waals surface area (Å²) < 4.78 is 28.9. The number of rotatable bonds is 2. The van der Waals surface area contributed by atoms with Crippen molar-refractivity contribution in [3.05, 3.63) is 137 Å². The molecular weight excluding hydrogens is 593 g/mol. The average Bonchev–Trinajstić information content (AvgIpc) is 3.50. The molecule has 2 aromatic heterocycles. The highest BCUT2D eigenvalue weighted by molar-refractivity contribution is 6.00. The molecule has 1 aliphatic heterocycles. The summed E-state index contributed by atoms with van der Waals surface area (Å²) in [6.07, 6.45) is -0.217. The molecule has 47 heavy (non-hydrogen) atoms. The van der Waals surface area contributed by atoms with E-state index in [9.17, 15) is 14.3 Å². The van der Waals surface area contributed by atoms with Crippen LogP contribution in [0.5, 0.6) is 11.5 Å². The third-order valence-corrected chi connectivity index (χ3v) is 8.57. The average molecular weight is 622 g/mol. The van der Waals surface area contributed by atoms with Gasteiger partial charge in [-0.15, -0.1) is 0 Å². The Morgan fingerprint density at radius 2 is 1.51 bits per heavy atom. The van der Waals surface area contributed by atoms with E-state index >= 15 is 0 Å². The molecule has 7 nitrogen and oxygen atoms in total. The van der Waals surface area contributed by atoms with Crippen molar-refractivity contribution in [2.75, 3.05) is 0 Å². The molecule has 0 fully saturated rings. The number of aryl methyl sites for hydroxylation is 1. The van der Waals surface area contributed by atoms with Crippen molar-refractivity contribution in [3.63, 3.8) is 0 Å². The molecule has 3 heterocycles. The second kappa shape index (κ2) is 11.4. The van der Waals surface area contributed by atoms with E-state index in [2.05, 4.69) is 0 Å². The summed E-state index contributed by atoms with van der Waals surface area (Å²) in [7, 11) is 0. The number of ether oxygens (including phenoxy) is 2. The Bertz CT molecular complexity index is 2360. The van der Waals surface area contributed by atoms with Crippen LogP contribution in [0.15, 0.2) is 109 Å². The molecule has 7 aromatic rings. The Morgan fingerprint density at radius 1 is 0.787 bits per heavy atom. The fourth-order valence-corrected chi connectivity index (χ4v) is 6.37. The zero-order valence-electron chi connectivity index (χ0n) is 25.4. The molecule has 230 valence electrons. The Kier molecular flexibility index (Phi) is 6.90. The highest BCUT2D eigenvalue weighted by Gasteiger charge is 2.22. The first kappa shape index (κ1) is 28.5. The van der Waals surface area contributed by atoms with Gasteiger partial charge in [0.1, 0.15) is 30.5 Å². The van der Waals surface area contributed by atoms with Crippen molar-refractivity contribution < 1.29 is 23.8 Å². The summed E-state index contributed by atoms with van der Waals surface area (Å²) >= 11 is 0. The van der Waals surface area contributed by atoms with Crippen molar-refractivity contribution in [2.24, 2.45) is 0 Å². The lowest BCUT2D eigenvalue weighted by molar-refractivity contribution is -0.136. The normalized spacial score (nSPS) is 12.5. The van der Waals surface area contributed by atoms with Gasteiger partial charge < -0.3 is 14.6 Å². The van der Waals surface area contributed by atoms with Crippen LogP contribution in [-0.4, -0.2) is 25.7 Å². The van der Waals surface area contributed by atoms with Gasteiger partial charge in [-0.1, -0.05) is 60.7 Å². The van der Waals surface area contributed by atoms with Crippen LogP contribution in [0.3, 0.4) is 0 Å². The number of hydrogen-bond donors (Lipinski definition) is 1. The third-order valence-electron chi connectivity index (χ3n) is 8.57. The largest absolute Gasteiger partial charge is 0.488 e. The summed E-state index contributed by atoms with van der Waals surface area (Å²) in [6.45, 7) is 2.40. The number of hydrogen-bond acceptors (Lipinski definition) is 5. The molecule has 0 saturated carbocycles. The second-order valence-electron chi connectivity index (χ2n) is 11.7. The van der Waals surface area contributed by atoms with Crippen molar-refractivity contribution >= 4 is 22.4 Å². The Hall–Kier alpha value is -6.02. The highest BCUT2D eigenvalue weighted by Crippen LogP contribution is 2.39. The highest BCUT2D eigenvalue weighted by atomic mass is 19.1. The summed E-state index contributed by atoms with van der Waals surface area (Å²) in [4.78, 5) is 16.9. The molecular formula is C39H28FN3O4. The lowest BCUT2D eigenvalue weighted by Crippen LogP contribution is -2.10. The predicted molar refractivity (Wildman–Crippen MR) is 178 cm³/mol. The van der Waals surface area contributed by atoms with E-state index in [1.54, 1.807) is 10.6 Å². The number of carboxylic acid groups (broad SMARTS) is 1. The van der Waals surface area contributed by atoms with E-state index in [0.29, 0.717) is 46.4 Å². The van der Waals surface area contributed by atoms with Crippen molar-refractivity contribution in [2.45, 2.75) is 26.6 Å². The van der Waals surface area contributed by atoms with Gasteiger partial charge in [0.15, 0.2) is 5.65 Å². The van der Waals surface area contributed by atoms with Gasteiger partial charge in [-0.3, -0.25) is 4.79 Å². The topological polar surface area (TPSA) is 86.0 Å². The van der Waals surface area contributed by atoms with E-state index in [4.69, 9.17) is 19.6 Å². The maximum Gasteiger partial charge on any atom is 0.307 e. The van der Waals surface area contributed by atoms with Gasteiger partial charge in [0.25, 0.3) is 0 Å². The molecule has 0 radical (unpaired) electrons.